The highest BCUT2D eigenvalue weighted by Crippen LogP contribution is 2.30. The molecule has 2 aromatic rings. The van der Waals surface area contributed by atoms with Crippen LogP contribution in [-0.2, 0) is 18.3 Å². The lowest BCUT2D eigenvalue weighted by atomic mass is 10.1. The summed E-state index contributed by atoms with van der Waals surface area (Å²) in [5.74, 6) is 0.408. The Bertz CT molecular complexity index is 625. The number of benzene rings is 1. The molecule has 0 bridgehead atoms. The second-order valence-corrected chi connectivity index (χ2v) is 5.81. The molecule has 0 unspecified atom stereocenters. The monoisotopic (exact) mass is 288 g/mol. The fourth-order valence-corrected chi connectivity index (χ4v) is 3.18. The minimum atomic E-state index is 0.0414. The molecule has 0 spiro atoms. The second kappa shape index (κ2) is 5.66. The van der Waals surface area contributed by atoms with Crippen LogP contribution < -0.4 is 5.32 Å². The van der Waals surface area contributed by atoms with Gasteiger partial charge in [0.25, 0.3) is 0 Å². The first-order valence-corrected chi connectivity index (χ1v) is 7.56. The van der Waals surface area contributed by atoms with E-state index in [4.69, 9.17) is 0 Å². The smallest absolute Gasteiger partial charge is 0.230 e. The van der Waals surface area contributed by atoms with E-state index >= 15 is 0 Å². The van der Waals surface area contributed by atoms with Gasteiger partial charge in [0.1, 0.15) is 6.33 Å². The summed E-state index contributed by atoms with van der Waals surface area (Å²) >= 11 is 1.40. The van der Waals surface area contributed by atoms with Crippen molar-refractivity contribution in [3.8, 4) is 0 Å². The Hall–Kier alpha value is -1.82. The van der Waals surface area contributed by atoms with Gasteiger partial charge in [-0.2, -0.15) is 0 Å². The summed E-state index contributed by atoms with van der Waals surface area (Å²) in [6, 6.07) is 8.46. The van der Waals surface area contributed by atoms with E-state index in [-0.39, 0.29) is 11.9 Å². The largest absolute Gasteiger partial charge is 0.349 e. The number of fused-ring (bicyclic) bond motifs is 1. The van der Waals surface area contributed by atoms with Crippen molar-refractivity contribution in [2.24, 2.45) is 7.05 Å². The fraction of sp³-hybridized carbons (Fsp3) is 0.357. The van der Waals surface area contributed by atoms with Crippen molar-refractivity contribution in [1.82, 2.24) is 20.1 Å². The van der Waals surface area contributed by atoms with Crippen LogP contribution in [0.2, 0.25) is 0 Å². The van der Waals surface area contributed by atoms with Crippen LogP contribution in [0.3, 0.4) is 0 Å². The number of nitrogens with zero attached hydrogens (tertiary/aromatic N) is 3. The van der Waals surface area contributed by atoms with Crippen LogP contribution in [0.4, 0.5) is 0 Å². The van der Waals surface area contributed by atoms with Crippen LogP contribution in [0.25, 0.3) is 0 Å². The summed E-state index contributed by atoms with van der Waals surface area (Å²) in [4.78, 5) is 12.0. The van der Waals surface area contributed by atoms with Crippen LogP contribution in [0.1, 0.15) is 23.6 Å². The standard InChI is InChI=1S/C14H16N4OS/c1-18-9-15-17-14(18)20-8-13(19)16-12-7-6-10-4-2-3-5-11(10)12/h2-5,9,12H,6-8H2,1H3,(H,16,19)/t12-/m1/s1. The zero-order chi connectivity index (χ0) is 13.9. The lowest BCUT2D eigenvalue weighted by Crippen LogP contribution is -2.28. The molecule has 1 atom stereocenters. The Morgan fingerprint density at radius 1 is 1.50 bits per heavy atom. The number of amides is 1. The quantitative estimate of drug-likeness (QED) is 0.870. The van der Waals surface area contributed by atoms with Crippen molar-refractivity contribution in [3.63, 3.8) is 0 Å². The predicted octanol–water partition coefficient (Wildman–Crippen LogP) is 1.71. The molecule has 20 heavy (non-hydrogen) atoms. The van der Waals surface area contributed by atoms with Gasteiger partial charge in [0.15, 0.2) is 5.16 Å². The first-order chi connectivity index (χ1) is 9.74. The van der Waals surface area contributed by atoms with Gasteiger partial charge in [0, 0.05) is 7.05 Å². The third kappa shape index (κ3) is 2.70. The van der Waals surface area contributed by atoms with Crippen LogP contribution in [0.15, 0.2) is 35.7 Å². The van der Waals surface area contributed by atoms with Crippen molar-refractivity contribution in [2.45, 2.75) is 24.0 Å². The molecule has 1 aliphatic rings. The molecule has 1 aliphatic carbocycles. The van der Waals surface area contributed by atoms with E-state index < -0.39 is 0 Å². The average Bonchev–Trinajstić information content (AvgIpc) is 3.04. The molecule has 1 amide bonds. The molecular formula is C14H16N4OS. The first kappa shape index (κ1) is 13.2. The minimum Gasteiger partial charge on any atom is -0.349 e. The number of rotatable bonds is 4. The molecule has 0 aliphatic heterocycles. The Kier molecular flexibility index (Phi) is 3.73. The predicted molar refractivity (Wildman–Crippen MR) is 77.4 cm³/mol. The Morgan fingerprint density at radius 2 is 2.35 bits per heavy atom. The molecular weight excluding hydrogens is 272 g/mol. The number of aryl methyl sites for hydroxylation is 2. The van der Waals surface area contributed by atoms with Gasteiger partial charge < -0.3 is 9.88 Å². The molecule has 0 radical (unpaired) electrons. The molecule has 5 nitrogen and oxygen atoms in total. The minimum absolute atomic E-state index is 0.0414. The van der Waals surface area contributed by atoms with Crippen LogP contribution >= 0.6 is 11.8 Å². The van der Waals surface area contributed by atoms with Gasteiger partial charge in [-0.1, -0.05) is 36.0 Å². The van der Waals surface area contributed by atoms with Gasteiger partial charge in [-0.05, 0) is 24.0 Å². The lowest BCUT2D eigenvalue weighted by molar-refractivity contribution is -0.119. The Labute approximate surface area is 121 Å². The van der Waals surface area contributed by atoms with Crippen molar-refractivity contribution in [3.05, 3.63) is 41.7 Å². The summed E-state index contributed by atoms with van der Waals surface area (Å²) in [6.45, 7) is 0. The van der Waals surface area contributed by atoms with E-state index in [9.17, 15) is 4.79 Å². The van der Waals surface area contributed by atoms with E-state index in [2.05, 4.69) is 27.6 Å². The first-order valence-electron chi connectivity index (χ1n) is 6.58. The van der Waals surface area contributed by atoms with Gasteiger partial charge in [-0.15, -0.1) is 10.2 Å². The third-order valence-corrected chi connectivity index (χ3v) is 4.50. The highest BCUT2D eigenvalue weighted by Gasteiger charge is 2.23. The number of carbonyl (C=O) groups is 1. The number of carbonyl (C=O) groups excluding carboxylic acids is 1. The highest BCUT2D eigenvalue weighted by molar-refractivity contribution is 7.99. The number of thioether (sulfide) groups is 1. The maximum absolute atomic E-state index is 12.0. The number of aromatic nitrogens is 3. The van der Waals surface area contributed by atoms with E-state index in [1.54, 1.807) is 6.33 Å². The maximum atomic E-state index is 12.0. The van der Waals surface area contributed by atoms with E-state index in [1.165, 1.54) is 22.9 Å². The van der Waals surface area contributed by atoms with Crippen LogP contribution in [0, 0.1) is 0 Å². The Balaban J connectivity index is 1.57. The zero-order valence-electron chi connectivity index (χ0n) is 11.2. The van der Waals surface area contributed by atoms with Crippen LogP contribution in [0.5, 0.6) is 0 Å². The molecule has 0 saturated heterocycles. The molecule has 1 aromatic carbocycles. The number of nitrogens with one attached hydrogen (secondary N) is 1. The van der Waals surface area contributed by atoms with Crippen LogP contribution in [-0.4, -0.2) is 26.4 Å². The molecule has 1 aromatic heterocycles. The number of hydrogen-bond donors (Lipinski definition) is 1. The van der Waals surface area contributed by atoms with Gasteiger partial charge in [-0.3, -0.25) is 4.79 Å². The van der Waals surface area contributed by atoms with E-state index in [1.807, 2.05) is 23.7 Å². The summed E-state index contributed by atoms with van der Waals surface area (Å²) in [5, 5.41) is 11.6. The summed E-state index contributed by atoms with van der Waals surface area (Å²) in [7, 11) is 1.87. The number of hydrogen-bond acceptors (Lipinski definition) is 4. The molecule has 0 saturated carbocycles. The lowest BCUT2D eigenvalue weighted by Gasteiger charge is -2.13. The maximum Gasteiger partial charge on any atom is 0.230 e. The van der Waals surface area contributed by atoms with Crippen molar-refractivity contribution >= 4 is 17.7 Å². The molecule has 6 heteroatoms. The van der Waals surface area contributed by atoms with Crippen molar-refractivity contribution in [2.75, 3.05) is 5.75 Å². The average molecular weight is 288 g/mol. The van der Waals surface area contributed by atoms with Gasteiger partial charge in [0.05, 0.1) is 11.8 Å². The molecule has 104 valence electrons. The fourth-order valence-electron chi connectivity index (χ4n) is 2.48. The van der Waals surface area contributed by atoms with Gasteiger partial charge in [0.2, 0.25) is 5.91 Å². The van der Waals surface area contributed by atoms with Crippen molar-refractivity contribution in [1.29, 1.82) is 0 Å². The normalized spacial score (nSPS) is 16.9. The van der Waals surface area contributed by atoms with E-state index in [0.717, 1.165) is 18.0 Å². The van der Waals surface area contributed by atoms with Gasteiger partial charge in [-0.25, -0.2) is 0 Å². The summed E-state index contributed by atoms with van der Waals surface area (Å²) in [6.07, 6.45) is 3.66. The molecule has 1 N–H and O–H groups in total. The molecule has 3 rings (SSSR count). The third-order valence-electron chi connectivity index (χ3n) is 3.47. The van der Waals surface area contributed by atoms with E-state index in [0.29, 0.717) is 5.75 Å². The van der Waals surface area contributed by atoms with Gasteiger partial charge >= 0.3 is 0 Å². The molecule has 1 heterocycles. The zero-order valence-corrected chi connectivity index (χ0v) is 12.1. The second-order valence-electron chi connectivity index (χ2n) is 4.87. The molecule has 0 fully saturated rings. The summed E-state index contributed by atoms with van der Waals surface area (Å²) < 4.78 is 1.81. The highest BCUT2D eigenvalue weighted by atomic mass is 32.2. The SMILES string of the molecule is Cn1cnnc1SCC(=O)N[C@@H]1CCc2ccccc21. The van der Waals surface area contributed by atoms with Crippen molar-refractivity contribution < 1.29 is 4.79 Å². The topological polar surface area (TPSA) is 59.8 Å². The summed E-state index contributed by atoms with van der Waals surface area (Å²) in [5.41, 5.74) is 2.60. The Morgan fingerprint density at radius 3 is 3.15 bits per heavy atom.